The van der Waals surface area contributed by atoms with Crippen LogP contribution in [-0.4, -0.2) is 47.4 Å². The van der Waals surface area contributed by atoms with E-state index in [1.807, 2.05) is 0 Å². The summed E-state index contributed by atoms with van der Waals surface area (Å²) in [6, 6.07) is 0. The predicted octanol–water partition coefficient (Wildman–Crippen LogP) is 6.12. The monoisotopic (exact) mass is 496 g/mol. The number of rotatable bonds is 17. The highest BCUT2D eigenvalue weighted by Crippen LogP contribution is 2.20. The number of carboxylic acid groups (broad SMARTS) is 1. The number of carbonyl (C=O) groups is 3. The summed E-state index contributed by atoms with van der Waals surface area (Å²) >= 11 is 0. The van der Waals surface area contributed by atoms with Gasteiger partial charge in [-0.15, -0.1) is 0 Å². The molecule has 1 rings (SSSR count). The number of esters is 2. The molecule has 0 aliphatic carbocycles. The summed E-state index contributed by atoms with van der Waals surface area (Å²) in [7, 11) is 0. The topological polar surface area (TPSA) is 110 Å². The van der Waals surface area contributed by atoms with Gasteiger partial charge in [0.1, 0.15) is 0 Å². The number of ether oxygens (including phenoxy) is 2. The van der Waals surface area contributed by atoms with Gasteiger partial charge < -0.3 is 19.7 Å². The van der Waals surface area contributed by atoms with E-state index in [9.17, 15) is 19.5 Å². The van der Waals surface area contributed by atoms with Gasteiger partial charge in [-0.05, 0) is 64.2 Å². The fourth-order valence-electron chi connectivity index (χ4n) is 4.31. The third-order valence-corrected chi connectivity index (χ3v) is 6.49. The number of hydrogen-bond acceptors (Lipinski definition) is 6. The van der Waals surface area contributed by atoms with Crippen molar-refractivity contribution in [2.24, 2.45) is 5.92 Å². The van der Waals surface area contributed by atoms with Crippen LogP contribution < -0.4 is 0 Å². The number of aliphatic hydroxyl groups is 1. The highest BCUT2D eigenvalue weighted by atomic mass is 16.5. The maximum atomic E-state index is 12.4. The second-order valence-corrected chi connectivity index (χ2v) is 9.74. The Labute approximate surface area is 211 Å². The Bertz CT molecular complexity index is 602. The first kappa shape index (κ1) is 31.1. The van der Waals surface area contributed by atoms with E-state index in [2.05, 4.69) is 12.2 Å². The molecule has 1 unspecified atom stereocenters. The summed E-state index contributed by atoms with van der Waals surface area (Å²) in [5.41, 5.74) is 0. The molecule has 2 atom stereocenters. The Balaban J connectivity index is 2.05. The van der Waals surface area contributed by atoms with Crippen LogP contribution in [0.15, 0.2) is 12.2 Å². The lowest BCUT2D eigenvalue weighted by atomic mass is 9.94. The van der Waals surface area contributed by atoms with Gasteiger partial charge >= 0.3 is 17.9 Å². The molecule has 1 saturated heterocycles. The minimum Gasteiger partial charge on any atom is -0.481 e. The molecule has 2 N–H and O–H groups in total. The van der Waals surface area contributed by atoms with E-state index in [0.717, 1.165) is 89.9 Å². The van der Waals surface area contributed by atoms with E-state index < -0.39 is 5.97 Å². The molecule has 1 fully saturated rings. The lowest BCUT2D eigenvalue weighted by Crippen LogP contribution is -2.20. The number of hydrogen-bond donors (Lipinski definition) is 2. The average Bonchev–Trinajstić information content (AvgIpc) is 2.82. The molecule has 7 heteroatoms. The van der Waals surface area contributed by atoms with E-state index in [0.29, 0.717) is 38.9 Å². The fraction of sp³-hybridized carbons (Fsp3) is 0.821. The van der Waals surface area contributed by atoms with Crippen molar-refractivity contribution in [3.63, 3.8) is 0 Å². The Kier molecular flexibility index (Phi) is 19.0. The molecule has 0 saturated carbocycles. The van der Waals surface area contributed by atoms with E-state index in [4.69, 9.17) is 14.6 Å². The number of aliphatic hydroxyl groups excluding tert-OH is 1. The normalized spacial score (nSPS) is 18.9. The number of unbranched alkanes of at least 4 members (excludes halogenated alkanes) is 8. The SMILES string of the molecule is O=C(O)CCCCCCCC=CC[C@H](O)CCCCCCC1CCCC(=O)OCCCCOC1=O. The van der Waals surface area contributed by atoms with Crippen LogP contribution in [0.2, 0.25) is 0 Å². The summed E-state index contributed by atoms with van der Waals surface area (Å²) in [6.07, 6.45) is 19.7. The quantitative estimate of drug-likeness (QED) is 0.142. The van der Waals surface area contributed by atoms with Crippen molar-refractivity contribution < 1.29 is 34.1 Å². The molecule has 0 radical (unpaired) electrons. The highest BCUT2D eigenvalue weighted by molar-refractivity contribution is 5.73. The van der Waals surface area contributed by atoms with Gasteiger partial charge in [0, 0.05) is 12.8 Å². The number of carbonyl (C=O) groups excluding carboxylic acids is 2. The van der Waals surface area contributed by atoms with Gasteiger partial charge in [0.05, 0.1) is 25.2 Å². The van der Waals surface area contributed by atoms with Gasteiger partial charge in [-0.1, -0.05) is 57.1 Å². The molecule has 0 aromatic rings. The second-order valence-electron chi connectivity index (χ2n) is 9.74. The van der Waals surface area contributed by atoms with Gasteiger partial charge in [0.25, 0.3) is 0 Å². The minimum atomic E-state index is -0.713. The molecular weight excluding hydrogens is 448 g/mol. The summed E-state index contributed by atoms with van der Waals surface area (Å²) in [6.45, 7) is 0.803. The van der Waals surface area contributed by atoms with Crippen molar-refractivity contribution in [1.82, 2.24) is 0 Å². The Morgan fingerprint density at radius 3 is 2.37 bits per heavy atom. The molecule has 0 amide bonds. The van der Waals surface area contributed by atoms with Crippen LogP contribution >= 0.6 is 0 Å². The van der Waals surface area contributed by atoms with E-state index in [-0.39, 0.29) is 30.4 Å². The second kappa shape index (κ2) is 21.4. The summed E-state index contributed by atoms with van der Waals surface area (Å²) < 4.78 is 10.6. The Morgan fingerprint density at radius 2 is 1.57 bits per heavy atom. The van der Waals surface area contributed by atoms with Crippen LogP contribution in [0, 0.1) is 5.92 Å². The summed E-state index contributed by atoms with van der Waals surface area (Å²) in [5.74, 6) is -1.14. The minimum absolute atomic E-state index is 0.126. The number of allylic oxidation sites excluding steroid dienone is 1. The van der Waals surface area contributed by atoms with Crippen LogP contribution in [0.4, 0.5) is 0 Å². The van der Waals surface area contributed by atoms with Crippen LogP contribution in [-0.2, 0) is 23.9 Å². The van der Waals surface area contributed by atoms with Crippen LogP contribution in [0.5, 0.6) is 0 Å². The zero-order valence-corrected chi connectivity index (χ0v) is 21.6. The van der Waals surface area contributed by atoms with Crippen molar-refractivity contribution in [3.8, 4) is 0 Å². The highest BCUT2D eigenvalue weighted by Gasteiger charge is 2.20. The largest absolute Gasteiger partial charge is 0.481 e. The van der Waals surface area contributed by atoms with Crippen molar-refractivity contribution in [2.45, 2.75) is 128 Å². The number of carboxylic acids is 1. The van der Waals surface area contributed by atoms with E-state index in [1.54, 1.807) is 0 Å². The maximum absolute atomic E-state index is 12.4. The van der Waals surface area contributed by atoms with Crippen LogP contribution in [0.3, 0.4) is 0 Å². The first-order valence-corrected chi connectivity index (χ1v) is 13.9. The van der Waals surface area contributed by atoms with Crippen LogP contribution in [0.25, 0.3) is 0 Å². The van der Waals surface area contributed by atoms with E-state index >= 15 is 0 Å². The van der Waals surface area contributed by atoms with Crippen molar-refractivity contribution >= 4 is 17.9 Å². The Hall–Kier alpha value is -1.89. The number of aliphatic carboxylic acids is 1. The van der Waals surface area contributed by atoms with E-state index in [1.165, 1.54) is 0 Å². The molecule has 0 spiro atoms. The molecule has 1 aliphatic heterocycles. The van der Waals surface area contributed by atoms with Crippen molar-refractivity contribution in [1.29, 1.82) is 0 Å². The molecule has 35 heavy (non-hydrogen) atoms. The predicted molar refractivity (Wildman–Crippen MR) is 136 cm³/mol. The summed E-state index contributed by atoms with van der Waals surface area (Å²) in [5, 5.41) is 18.8. The fourth-order valence-corrected chi connectivity index (χ4v) is 4.31. The molecule has 0 bridgehead atoms. The summed E-state index contributed by atoms with van der Waals surface area (Å²) in [4.78, 5) is 34.5. The van der Waals surface area contributed by atoms with Crippen molar-refractivity contribution in [3.05, 3.63) is 12.2 Å². The smallest absolute Gasteiger partial charge is 0.308 e. The molecule has 1 aliphatic rings. The van der Waals surface area contributed by atoms with Gasteiger partial charge in [-0.2, -0.15) is 0 Å². The first-order chi connectivity index (χ1) is 17.0. The zero-order valence-electron chi connectivity index (χ0n) is 21.6. The Morgan fingerprint density at radius 1 is 0.886 bits per heavy atom. The molecular formula is C28H48O7. The van der Waals surface area contributed by atoms with Gasteiger partial charge in [-0.25, -0.2) is 0 Å². The standard InChI is InChI=1S/C28H48O7/c29-25(18-10-5-3-1-2-4-6-12-20-26(30)31)19-11-8-7-9-16-24-17-15-21-27(32)34-22-13-14-23-35-28(24)33/h5,10,24-25,29H,1-4,6-9,11-23H2,(H,30,31)/t24?,25-/m0/s1. The molecule has 1 heterocycles. The molecule has 202 valence electrons. The molecule has 7 nitrogen and oxygen atoms in total. The van der Waals surface area contributed by atoms with Crippen LogP contribution in [0.1, 0.15) is 122 Å². The maximum Gasteiger partial charge on any atom is 0.308 e. The third kappa shape index (κ3) is 19.0. The first-order valence-electron chi connectivity index (χ1n) is 13.9. The van der Waals surface area contributed by atoms with Gasteiger partial charge in [0.15, 0.2) is 0 Å². The van der Waals surface area contributed by atoms with Crippen molar-refractivity contribution in [2.75, 3.05) is 13.2 Å². The lowest BCUT2D eigenvalue weighted by molar-refractivity contribution is -0.151. The molecule has 0 aromatic carbocycles. The third-order valence-electron chi connectivity index (χ3n) is 6.49. The zero-order chi connectivity index (χ0) is 25.6. The lowest BCUT2D eigenvalue weighted by Gasteiger charge is -2.17. The average molecular weight is 497 g/mol. The van der Waals surface area contributed by atoms with Gasteiger partial charge in [0.2, 0.25) is 0 Å². The molecule has 0 aromatic heterocycles. The van der Waals surface area contributed by atoms with Gasteiger partial charge in [-0.3, -0.25) is 14.4 Å². The number of cyclic esters (lactones) is 2.